The zero-order valence-electron chi connectivity index (χ0n) is 4.63. The van der Waals surface area contributed by atoms with Crippen molar-refractivity contribution in [3.63, 3.8) is 0 Å². The highest BCUT2D eigenvalue weighted by atomic mass is 79.9. The van der Waals surface area contributed by atoms with E-state index >= 15 is 0 Å². The van der Waals surface area contributed by atoms with E-state index in [1.165, 1.54) is 0 Å². The first-order valence-corrected chi connectivity index (χ1v) is 3.81. The van der Waals surface area contributed by atoms with Crippen molar-refractivity contribution >= 4 is 30.5 Å². The maximum absolute atomic E-state index is 9.04. The molecular weight excluding hydrogens is 199 g/mol. The van der Waals surface area contributed by atoms with Gasteiger partial charge in [-0.1, -0.05) is 6.07 Å². The fourth-order valence-corrected chi connectivity index (χ4v) is 1.03. The SMILES string of the molecule is Oc1cc(P)ccc1Br. The van der Waals surface area contributed by atoms with Crippen LogP contribution in [-0.2, 0) is 0 Å². The molecule has 1 aromatic rings. The molecule has 3 heteroatoms. The molecule has 0 heterocycles. The molecule has 9 heavy (non-hydrogen) atoms. The average Bonchev–Trinajstić information content (AvgIpc) is 1.80. The molecule has 1 atom stereocenters. The van der Waals surface area contributed by atoms with Crippen molar-refractivity contribution in [2.45, 2.75) is 0 Å². The first kappa shape index (κ1) is 7.04. The van der Waals surface area contributed by atoms with Crippen LogP contribution in [0.1, 0.15) is 0 Å². The average molecular weight is 205 g/mol. The summed E-state index contributed by atoms with van der Waals surface area (Å²) in [7, 11) is 2.50. The van der Waals surface area contributed by atoms with Crippen molar-refractivity contribution in [3.05, 3.63) is 22.7 Å². The van der Waals surface area contributed by atoms with Gasteiger partial charge in [0.2, 0.25) is 0 Å². The highest BCUT2D eigenvalue weighted by Crippen LogP contribution is 2.21. The lowest BCUT2D eigenvalue weighted by Gasteiger charge is -1.95. The second-order valence-corrected chi connectivity index (χ2v) is 3.23. The number of hydrogen-bond acceptors (Lipinski definition) is 1. The molecule has 0 amide bonds. The van der Waals surface area contributed by atoms with E-state index in [1.807, 2.05) is 6.07 Å². The van der Waals surface area contributed by atoms with Gasteiger partial charge in [0.1, 0.15) is 5.75 Å². The van der Waals surface area contributed by atoms with Gasteiger partial charge in [-0.05, 0) is 33.4 Å². The maximum atomic E-state index is 9.04. The van der Waals surface area contributed by atoms with Crippen LogP contribution in [0.4, 0.5) is 0 Å². The molecule has 0 bridgehead atoms. The van der Waals surface area contributed by atoms with Crippen LogP contribution in [0.3, 0.4) is 0 Å². The smallest absolute Gasteiger partial charge is 0.130 e. The highest BCUT2D eigenvalue weighted by Gasteiger charge is 1.93. The molecule has 0 aliphatic rings. The van der Waals surface area contributed by atoms with Crippen LogP contribution in [0.25, 0.3) is 0 Å². The molecular formula is C6H6BrOP. The van der Waals surface area contributed by atoms with E-state index in [0.717, 1.165) is 9.78 Å². The zero-order chi connectivity index (χ0) is 6.85. The molecule has 1 N–H and O–H groups in total. The van der Waals surface area contributed by atoms with E-state index in [0.29, 0.717) is 0 Å². The maximum Gasteiger partial charge on any atom is 0.130 e. The summed E-state index contributed by atoms with van der Waals surface area (Å²) in [6.07, 6.45) is 0. The topological polar surface area (TPSA) is 20.2 Å². The van der Waals surface area contributed by atoms with E-state index in [4.69, 9.17) is 5.11 Å². The summed E-state index contributed by atoms with van der Waals surface area (Å²) >= 11 is 3.17. The molecule has 0 saturated carbocycles. The molecule has 0 aromatic heterocycles. The Bertz CT molecular complexity index is 224. The second kappa shape index (κ2) is 2.68. The van der Waals surface area contributed by atoms with E-state index in [2.05, 4.69) is 25.2 Å². The quantitative estimate of drug-likeness (QED) is 0.638. The first-order valence-electron chi connectivity index (χ1n) is 2.44. The van der Waals surface area contributed by atoms with Gasteiger partial charge in [0.15, 0.2) is 0 Å². The summed E-state index contributed by atoms with van der Waals surface area (Å²) in [5.74, 6) is 0.280. The van der Waals surface area contributed by atoms with E-state index in [-0.39, 0.29) is 5.75 Å². The Labute approximate surface area is 64.4 Å². The fourth-order valence-electron chi connectivity index (χ4n) is 0.530. The predicted molar refractivity (Wildman–Crippen MR) is 45.2 cm³/mol. The van der Waals surface area contributed by atoms with E-state index in [9.17, 15) is 0 Å². The van der Waals surface area contributed by atoms with Crippen LogP contribution >= 0.6 is 25.2 Å². The minimum atomic E-state index is 0.280. The number of aromatic hydroxyl groups is 1. The first-order chi connectivity index (χ1) is 4.20. The van der Waals surface area contributed by atoms with Crippen molar-refractivity contribution in [3.8, 4) is 5.75 Å². The Morgan fingerprint density at radius 2 is 2.11 bits per heavy atom. The van der Waals surface area contributed by atoms with Crippen LogP contribution in [0.2, 0.25) is 0 Å². The Morgan fingerprint density at radius 1 is 1.44 bits per heavy atom. The van der Waals surface area contributed by atoms with Crippen LogP contribution in [0.15, 0.2) is 22.7 Å². The normalized spacial score (nSPS) is 9.56. The largest absolute Gasteiger partial charge is 0.507 e. The third-order valence-electron chi connectivity index (χ3n) is 0.970. The van der Waals surface area contributed by atoms with Crippen LogP contribution in [-0.4, -0.2) is 5.11 Å². The predicted octanol–water partition coefficient (Wildman–Crippen LogP) is 1.66. The molecule has 0 aliphatic heterocycles. The molecule has 1 unspecified atom stereocenters. The van der Waals surface area contributed by atoms with Gasteiger partial charge in [-0.25, -0.2) is 0 Å². The highest BCUT2D eigenvalue weighted by molar-refractivity contribution is 9.10. The van der Waals surface area contributed by atoms with Crippen molar-refractivity contribution in [2.75, 3.05) is 0 Å². The van der Waals surface area contributed by atoms with Gasteiger partial charge in [-0.15, -0.1) is 9.24 Å². The minimum Gasteiger partial charge on any atom is -0.507 e. The minimum absolute atomic E-state index is 0.280. The van der Waals surface area contributed by atoms with Gasteiger partial charge in [0.05, 0.1) is 4.47 Å². The standard InChI is InChI=1S/C6H6BrOP/c7-5-2-1-4(9)3-6(5)8/h1-3,8H,9H2. The van der Waals surface area contributed by atoms with Crippen molar-refractivity contribution in [1.29, 1.82) is 0 Å². The van der Waals surface area contributed by atoms with Crippen LogP contribution in [0.5, 0.6) is 5.75 Å². The molecule has 0 spiro atoms. The Balaban J connectivity index is 3.17. The molecule has 0 saturated heterocycles. The molecule has 1 rings (SSSR count). The van der Waals surface area contributed by atoms with Crippen molar-refractivity contribution in [2.24, 2.45) is 0 Å². The molecule has 0 aliphatic carbocycles. The lowest BCUT2D eigenvalue weighted by atomic mass is 10.3. The Morgan fingerprint density at radius 3 is 2.56 bits per heavy atom. The lowest BCUT2D eigenvalue weighted by molar-refractivity contribution is 0.472. The summed E-state index contributed by atoms with van der Waals surface area (Å²) in [6.45, 7) is 0. The summed E-state index contributed by atoms with van der Waals surface area (Å²) in [5.41, 5.74) is 0. The van der Waals surface area contributed by atoms with Gasteiger partial charge in [-0.3, -0.25) is 0 Å². The van der Waals surface area contributed by atoms with Gasteiger partial charge in [0, 0.05) is 0 Å². The Kier molecular flexibility index (Phi) is 2.09. The monoisotopic (exact) mass is 204 g/mol. The molecule has 0 fully saturated rings. The molecule has 48 valence electrons. The number of phenolic OH excluding ortho intramolecular Hbond substituents is 1. The number of halogens is 1. The van der Waals surface area contributed by atoms with Crippen LogP contribution < -0.4 is 5.30 Å². The van der Waals surface area contributed by atoms with Crippen LogP contribution in [0, 0.1) is 0 Å². The number of rotatable bonds is 0. The summed E-state index contributed by atoms with van der Waals surface area (Å²) in [5, 5.41) is 10.0. The fraction of sp³-hybridized carbons (Fsp3) is 0. The molecule has 0 radical (unpaired) electrons. The molecule has 1 aromatic carbocycles. The summed E-state index contributed by atoms with van der Waals surface area (Å²) in [6, 6.07) is 5.38. The molecule has 1 nitrogen and oxygen atoms in total. The number of benzene rings is 1. The number of hydrogen-bond donors (Lipinski definition) is 1. The van der Waals surface area contributed by atoms with Gasteiger partial charge >= 0.3 is 0 Å². The summed E-state index contributed by atoms with van der Waals surface area (Å²) < 4.78 is 0.730. The van der Waals surface area contributed by atoms with Gasteiger partial charge < -0.3 is 5.11 Å². The van der Waals surface area contributed by atoms with Gasteiger partial charge in [0.25, 0.3) is 0 Å². The van der Waals surface area contributed by atoms with Crippen molar-refractivity contribution < 1.29 is 5.11 Å². The van der Waals surface area contributed by atoms with E-state index in [1.54, 1.807) is 12.1 Å². The Hall–Kier alpha value is -0.0700. The summed E-state index contributed by atoms with van der Waals surface area (Å²) in [4.78, 5) is 0. The van der Waals surface area contributed by atoms with Crippen molar-refractivity contribution in [1.82, 2.24) is 0 Å². The van der Waals surface area contributed by atoms with Gasteiger partial charge in [-0.2, -0.15) is 0 Å². The third kappa shape index (κ3) is 1.67. The third-order valence-corrected chi connectivity index (χ3v) is 2.00. The van der Waals surface area contributed by atoms with E-state index < -0.39 is 0 Å². The second-order valence-electron chi connectivity index (χ2n) is 1.71. The lowest BCUT2D eigenvalue weighted by Crippen LogP contribution is -1.86. The zero-order valence-corrected chi connectivity index (χ0v) is 7.38. The number of phenols is 1.